The standard InChI is InChI=1S/C24H25N/c1-17-6-3-7-18(2)24(17)22-11-4-8-19(14-22)16-25-23-13-12-20-9-5-10-21(20)15-23/h3-4,6-8,11-15,25H,5,9-10,16H2,1-2H3. The van der Waals surface area contributed by atoms with Gasteiger partial charge in [-0.3, -0.25) is 0 Å². The highest BCUT2D eigenvalue weighted by Gasteiger charge is 2.11. The zero-order valence-electron chi connectivity index (χ0n) is 15.1. The highest BCUT2D eigenvalue weighted by Crippen LogP contribution is 2.28. The van der Waals surface area contributed by atoms with Crippen LogP contribution in [0.4, 0.5) is 5.69 Å². The maximum absolute atomic E-state index is 3.60. The van der Waals surface area contributed by atoms with Crippen LogP contribution in [0.25, 0.3) is 11.1 Å². The molecule has 1 aliphatic carbocycles. The lowest BCUT2D eigenvalue weighted by atomic mass is 9.95. The Hall–Kier alpha value is -2.54. The molecule has 1 N–H and O–H groups in total. The van der Waals surface area contributed by atoms with Gasteiger partial charge in [-0.15, -0.1) is 0 Å². The quantitative estimate of drug-likeness (QED) is 0.613. The lowest BCUT2D eigenvalue weighted by Crippen LogP contribution is -2.00. The number of rotatable bonds is 4. The second-order valence-corrected chi connectivity index (χ2v) is 7.16. The molecule has 0 bridgehead atoms. The van der Waals surface area contributed by atoms with Crippen LogP contribution in [0.2, 0.25) is 0 Å². The molecule has 0 aromatic heterocycles. The summed E-state index contributed by atoms with van der Waals surface area (Å²) in [6, 6.07) is 22.3. The normalized spacial score (nSPS) is 12.9. The first-order chi connectivity index (χ1) is 12.2. The molecule has 3 aromatic carbocycles. The number of anilines is 1. The Morgan fingerprint density at radius 2 is 1.56 bits per heavy atom. The van der Waals surface area contributed by atoms with Crippen LogP contribution >= 0.6 is 0 Å². The molecular formula is C24H25N. The molecule has 0 amide bonds. The zero-order chi connectivity index (χ0) is 17.2. The number of benzene rings is 3. The van der Waals surface area contributed by atoms with E-state index in [-0.39, 0.29) is 0 Å². The molecule has 4 rings (SSSR count). The molecule has 0 unspecified atom stereocenters. The maximum atomic E-state index is 3.60. The van der Waals surface area contributed by atoms with Crippen molar-refractivity contribution in [2.24, 2.45) is 0 Å². The van der Waals surface area contributed by atoms with Gasteiger partial charge in [0.05, 0.1) is 0 Å². The summed E-state index contributed by atoms with van der Waals surface area (Å²) in [6.45, 7) is 5.24. The summed E-state index contributed by atoms with van der Waals surface area (Å²) in [5.41, 5.74) is 11.0. The predicted octanol–water partition coefficient (Wildman–Crippen LogP) is 6.07. The molecule has 0 atom stereocenters. The average molecular weight is 327 g/mol. The number of aryl methyl sites for hydroxylation is 4. The van der Waals surface area contributed by atoms with E-state index in [0.717, 1.165) is 6.54 Å². The molecule has 0 saturated heterocycles. The van der Waals surface area contributed by atoms with Crippen LogP contribution in [0, 0.1) is 13.8 Å². The second kappa shape index (κ2) is 6.76. The minimum Gasteiger partial charge on any atom is -0.381 e. The molecule has 1 nitrogen and oxygen atoms in total. The van der Waals surface area contributed by atoms with E-state index < -0.39 is 0 Å². The molecule has 3 aromatic rings. The third-order valence-corrected chi connectivity index (χ3v) is 5.29. The Bertz CT molecular complexity index is 887. The number of hydrogen-bond acceptors (Lipinski definition) is 1. The first-order valence-electron chi connectivity index (χ1n) is 9.22. The van der Waals surface area contributed by atoms with Crippen molar-refractivity contribution in [2.45, 2.75) is 39.7 Å². The summed E-state index contributed by atoms with van der Waals surface area (Å²) in [5, 5.41) is 3.60. The Labute approximate surface area is 150 Å². The van der Waals surface area contributed by atoms with Crippen molar-refractivity contribution in [1.82, 2.24) is 0 Å². The van der Waals surface area contributed by atoms with Crippen molar-refractivity contribution in [1.29, 1.82) is 0 Å². The van der Waals surface area contributed by atoms with E-state index in [1.54, 1.807) is 0 Å². The molecule has 25 heavy (non-hydrogen) atoms. The Balaban J connectivity index is 1.54. The fraction of sp³-hybridized carbons (Fsp3) is 0.250. The number of nitrogens with one attached hydrogen (secondary N) is 1. The second-order valence-electron chi connectivity index (χ2n) is 7.16. The monoisotopic (exact) mass is 327 g/mol. The number of hydrogen-bond donors (Lipinski definition) is 1. The van der Waals surface area contributed by atoms with Crippen LogP contribution in [0.15, 0.2) is 60.7 Å². The van der Waals surface area contributed by atoms with Crippen LogP contribution < -0.4 is 5.32 Å². The van der Waals surface area contributed by atoms with E-state index >= 15 is 0 Å². The molecule has 0 saturated carbocycles. The van der Waals surface area contributed by atoms with Crippen LogP contribution in [0.5, 0.6) is 0 Å². The van der Waals surface area contributed by atoms with Gasteiger partial charge in [0.25, 0.3) is 0 Å². The van der Waals surface area contributed by atoms with Crippen LogP contribution in [-0.2, 0) is 19.4 Å². The highest BCUT2D eigenvalue weighted by molar-refractivity contribution is 5.71. The topological polar surface area (TPSA) is 12.0 Å². The largest absolute Gasteiger partial charge is 0.381 e. The van der Waals surface area contributed by atoms with E-state index in [2.05, 4.69) is 79.8 Å². The Kier molecular flexibility index (Phi) is 4.31. The van der Waals surface area contributed by atoms with Gasteiger partial charge in [0.2, 0.25) is 0 Å². The first kappa shape index (κ1) is 16.0. The van der Waals surface area contributed by atoms with Crippen LogP contribution in [-0.4, -0.2) is 0 Å². The van der Waals surface area contributed by atoms with Crippen molar-refractivity contribution in [3.05, 3.63) is 88.5 Å². The molecule has 0 aliphatic heterocycles. The van der Waals surface area contributed by atoms with Crippen molar-refractivity contribution in [3.8, 4) is 11.1 Å². The van der Waals surface area contributed by atoms with Gasteiger partial charge >= 0.3 is 0 Å². The van der Waals surface area contributed by atoms with Crippen molar-refractivity contribution >= 4 is 5.69 Å². The Morgan fingerprint density at radius 1 is 0.800 bits per heavy atom. The van der Waals surface area contributed by atoms with Gasteiger partial charge in [-0.1, -0.05) is 42.5 Å². The highest BCUT2D eigenvalue weighted by atomic mass is 14.9. The molecule has 126 valence electrons. The van der Waals surface area contributed by atoms with Crippen LogP contribution in [0.1, 0.15) is 34.2 Å². The third-order valence-electron chi connectivity index (χ3n) is 5.29. The van der Waals surface area contributed by atoms with Gasteiger partial charge < -0.3 is 5.32 Å². The van der Waals surface area contributed by atoms with Gasteiger partial charge in [-0.05, 0) is 90.3 Å². The molecular weight excluding hydrogens is 302 g/mol. The molecule has 0 spiro atoms. The minimum atomic E-state index is 0.859. The van der Waals surface area contributed by atoms with Gasteiger partial charge in [-0.25, -0.2) is 0 Å². The van der Waals surface area contributed by atoms with Gasteiger partial charge in [0.1, 0.15) is 0 Å². The van der Waals surface area contributed by atoms with E-state index in [1.807, 2.05) is 0 Å². The van der Waals surface area contributed by atoms with E-state index in [9.17, 15) is 0 Å². The average Bonchev–Trinajstić information content (AvgIpc) is 3.08. The zero-order valence-corrected chi connectivity index (χ0v) is 15.1. The summed E-state index contributed by atoms with van der Waals surface area (Å²) >= 11 is 0. The Morgan fingerprint density at radius 3 is 2.40 bits per heavy atom. The van der Waals surface area contributed by atoms with E-state index in [4.69, 9.17) is 0 Å². The smallest absolute Gasteiger partial charge is 0.0401 e. The summed E-state index contributed by atoms with van der Waals surface area (Å²) in [5.74, 6) is 0. The lowest BCUT2D eigenvalue weighted by molar-refractivity contribution is 0.912. The fourth-order valence-electron chi connectivity index (χ4n) is 3.99. The summed E-state index contributed by atoms with van der Waals surface area (Å²) in [4.78, 5) is 0. The molecule has 0 fully saturated rings. The predicted molar refractivity (Wildman–Crippen MR) is 107 cm³/mol. The van der Waals surface area contributed by atoms with Crippen LogP contribution in [0.3, 0.4) is 0 Å². The van der Waals surface area contributed by atoms with E-state index in [1.165, 1.54) is 63.9 Å². The van der Waals surface area contributed by atoms with Crippen molar-refractivity contribution in [3.63, 3.8) is 0 Å². The first-order valence-corrected chi connectivity index (χ1v) is 9.22. The molecule has 1 heteroatoms. The summed E-state index contributed by atoms with van der Waals surface area (Å²) < 4.78 is 0. The molecule has 1 aliphatic rings. The van der Waals surface area contributed by atoms with Gasteiger partial charge in [-0.2, -0.15) is 0 Å². The third kappa shape index (κ3) is 3.32. The molecule has 0 radical (unpaired) electrons. The fourth-order valence-corrected chi connectivity index (χ4v) is 3.99. The van der Waals surface area contributed by atoms with Crippen molar-refractivity contribution < 1.29 is 0 Å². The SMILES string of the molecule is Cc1cccc(C)c1-c1cccc(CNc2ccc3c(c2)CCC3)c1. The van der Waals surface area contributed by atoms with E-state index in [0.29, 0.717) is 0 Å². The maximum Gasteiger partial charge on any atom is 0.0401 e. The van der Waals surface area contributed by atoms with Gasteiger partial charge in [0.15, 0.2) is 0 Å². The molecule has 0 heterocycles. The minimum absolute atomic E-state index is 0.859. The van der Waals surface area contributed by atoms with Crippen molar-refractivity contribution in [2.75, 3.05) is 5.32 Å². The summed E-state index contributed by atoms with van der Waals surface area (Å²) in [7, 11) is 0. The number of fused-ring (bicyclic) bond motifs is 1. The van der Waals surface area contributed by atoms with Gasteiger partial charge in [0, 0.05) is 12.2 Å². The summed E-state index contributed by atoms with van der Waals surface area (Å²) in [6.07, 6.45) is 3.77. The lowest BCUT2D eigenvalue weighted by Gasteiger charge is -2.13.